The van der Waals surface area contributed by atoms with E-state index in [0.29, 0.717) is 46.7 Å². The fourth-order valence-electron chi connectivity index (χ4n) is 5.79. The average Bonchev–Trinajstić information content (AvgIpc) is 3.45. The van der Waals surface area contributed by atoms with Crippen LogP contribution in [0.1, 0.15) is 34.8 Å². The number of carboxylic acids is 1. The van der Waals surface area contributed by atoms with Crippen molar-refractivity contribution in [2.75, 3.05) is 46.3 Å². The summed E-state index contributed by atoms with van der Waals surface area (Å²) >= 11 is 0. The van der Waals surface area contributed by atoms with Gasteiger partial charge >= 0.3 is 18.2 Å². The second-order valence-electron chi connectivity index (χ2n) is 12.0. The summed E-state index contributed by atoms with van der Waals surface area (Å²) in [6.45, 7) is 4.02. The van der Waals surface area contributed by atoms with Crippen LogP contribution in [-0.2, 0) is 27.3 Å². The van der Waals surface area contributed by atoms with Gasteiger partial charge < -0.3 is 49.7 Å². The number of benzene rings is 3. The Kier molecular flexibility index (Phi) is 13.6. The fourth-order valence-corrected chi connectivity index (χ4v) is 5.79. The molecule has 3 amide bonds. The fraction of sp³-hybridized carbons (Fsp3) is 0.371. The summed E-state index contributed by atoms with van der Waals surface area (Å²) in [4.78, 5) is 49.4. The van der Waals surface area contributed by atoms with Crippen LogP contribution in [0.3, 0.4) is 0 Å². The highest BCUT2D eigenvalue weighted by atomic mass is 19.4. The van der Waals surface area contributed by atoms with E-state index >= 15 is 0 Å². The zero-order valence-corrected chi connectivity index (χ0v) is 28.6. The number of nitrogens with zero attached hydrogens (tertiary/aromatic N) is 2. The number of likely N-dealkylation sites (tertiary alicyclic amines) is 1. The Morgan fingerprint density at radius 3 is 2.12 bits per heavy atom. The molecular weight excluding hydrogens is 677 g/mol. The molecular formula is C35H41F3N4O9. The lowest BCUT2D eigenvalue weighted by Gasteiger charge is -2.36. The van der Waals surface area contributed by atoms with Crippen LogP contribution in [-0.4, -0.2) is 97.6 Å². The average molecular weight is 719 g/mol. The van der Waals surface area contributed by atoms with Gasteiger partial charge in [-0.05, 0) is 67.1 Å². The molecule has 4 rings (SSSR count). The number of nitrogens with two attached hydrogens (primary N) is 1. The molecule has 51 heavy (non-hydrogen) atoms. The number of methoxy groups -OCH3 is 2. The van der Waals surface area contributed by atoms with Crippen LogP contribution in [0.15, 0.2) is 66.7 Å². The van der Waals surface area contributed by atoms with Crippen molar-refractivity contribution in [3.63, 3.8) is 0 Å². The van der Waals surface area contributed by atoms with Crippen molar-refractivity contribution in [3.8, 4) is 17.2 Å². The highest BCUT2D eigenvalue weighted by Crippen LogP contribution is 2.32. The molecule has 276 valence electrons. The van der Waals surface area contributed by atoms with Crippen LogP contribution in [0.2, 0.25) is 0 Å². The predicted octanol–water partition coefficient (Wildman–Crippen LogP) is 3.23. The van der Waals surface area contributed by atoms with Gasteiger partial charge in [-0.3, -0.25) is 4.79 Å². The Hall–Kier alpha value is -5.51. The van der Waals surface area contributed by atoms with Gasteiger partial charge in [0.15, 0.2) is 11.5 Å². The number of carbonyl (C=O) groups excluding carboxylic acids is 4. The van der Waals surface area contributed by atoms with E-state index in [4.69, 9.17) is 29.8 Å². The van der Waals surface area contributed by atoms with Crippen LogP contribution in [0.4, 0.5) is 23.7 Å². The van der Waals surface area contributed by atoms with Gasteiger partial charge in [0.25, 0.3) is 0 Å². The molecule has 1 aliphatic heterocycles. The molecule has 0 aliphatic carbocycles. The third kappa shape index (κ3) is 11.3. The number of alkyl halides is 3. The number of quaternary nitrogens is 1. The third-order valence-corrected chi connectivity index (χ3v) is 8.20. The zero-order chi connectivity index (χ0) is 37.9. The number of aliphatic carboxylic acids is 1. The molecule has 0 saturated carbocycles. The third-order valence-electron chi connectivity index (χ3n) is 8.20. The summed E-state index contributed by atoms with van der Waals surface area (Å²) in [5, 5.41) is 21.4. The van der Waals surface area contributed by atoms with E-state index in [9.17, 15) is 32.7 Å². The highest BCUT2D eigenvalue weighted by molar-refractivity contribution is 5.95. The number of ether oxygens (including phenoxy) is 3. The van der Waals surface area contributed by atoms with E-state index in [1.165, 1.54) is 12.1 Å². The lowest BCUT2D eigenvalue weighted by molar-refractivity contribution is -0.911. The lowest BCUT2D eigenvalue weighted by Crippen LogP contribution is -2.56. The van der Waals surface area contributed by atoms with Crippen LogP contribution < -0.4 is 25.6 Å². The molecule has 0 aromatic heterocycles. The number of esters is 1. The number of hydrogen-bond acceptors (Lipinski definition) is 9. The number of rotatable bonds is 12. The first-order valence-corrected chi connectivity index (χ1v) is 15.8. The number of hydrogen-bond donors (Lipinski definition) is 3. The van der Waals surface area contributed by atoms with Gasteiger partial charge in [0.05, 0.1) is 52.6 Å². The molecule has 1 heterocycles. The van der Waals surface area contributed by atoms with Gasteiger partial charge in [-0.15, -0.1) is 0 Å². The molecule has 16 heteroatoms. The lowest BCUT2D eigenvalue weighted by atomic mass is 10.0. The molecule has 0 bridgehead atoms. The quantitative estimate of drug-likeness (QED) is 0.187. The summed E-state index contributed by atoms with van der Waals surface area (Å²) in [5.74, 6) is -2.70. The number of amides is 3. The minimum absolute atomic E-state index is 0.101. The second-order valence-corrected chi connectivity index (χ2v) is 12.0. The molecule has 1 fully saturated rings. The topological polar surface area (TPSA) is 181 Å². The van der Waals surface area contributed by atoms with Gasteiger partial charge in [-0.1, -0.05) is 12.1 Å². The van der Waals surface area contributed by atoms with Crippen LogP contribution >= 0.6 is 0 Å². The van der Waals surface area contributed by atoms with Gasteiger partial charge in [-0.25, -0.2) is 9.59 Å². The first-order chi connectivity index (χ1) is 24.0. The maximum Gasteiger partial charge on any atom is 0.430 e. The number of likely N-dealkylation sites (N-methyl/N-ethyl adjacent to an activating group) is 1. The molecule has 0 spiro atoms. The van der Waals surface area contributed by atoms with Gasteiger partial charge in [0.2, 0.25) is 5.91 Å². The zero-order valence-electron chi connectivity index (χ0n) is 28.6. The molecule has 13 nitrogen and oxygen atoms in total. The van der Waals surface area contributed by atoms with Crippen molar-refractivity contribution in [1.82, 2.24) is 4.90 Å². The van der Waals surface area contributed by atoms with E-state index in [-0.39, 0.29) is 24.8 Å². The van der Waals surface area contributed by atoms with Crippen LogP contribution in [0.5, 0.6) is 17.2 Å². The maximum atomic E-state index is 14.0. The minimum Gasteiger partial charge on any atom is -0.542 e. The Labute approximate surface area is 292 Å². The first-order valence-electron chi connectivity index (χ1n) is 15.8. The summed E-state index contributed by atoms with van der Waals surface area (Å²) < 4.78 is 48.1. The van der Waals surface area contributed by atoms with Gasteiger partial charge in [0, 0.05) is 24.1 Å². The van der Waals surface area contributed by atoms with E-state index in [2.05, 4.69) is 12.4 Å². The summed E-state index contributed by atoms with van der Waals surface area (Å²) in [5.41, 5.74) is 8.59. The molecule has 3 atom stereocenters. The Bertz CT molecular complexity index is 1670. The van der Waals surface area contributed by atoms with Crippen LogP contribution in [0.25, 0.3) is 0 Å². The van der Waals surface area contributed by atoms with Crippen molar-refractivity contribution in [2.24, 2.45) is 5.73 Å². The SMILES string of the molecule is CCOC(=O)c1ccc(NC(=O)N([C@@H]2CC[N+](C)(Cc3ccc(OC)c(OC)c3)C2)[C@@H](Cc2ccc(O)cc2)C(N)=O)cc1.O=C([O-])C(F)(F)F. The number of urea groups is 1. The van der Waals surface area contributed by atoms with Crippen molar-refractivity contribution in [2.45, 2.75) is 44.6 Å². The standard InChI is InChI=1S/C33H40N4O7.C2HF3O2/c1-5-44-32(40)24-9-11-25(12-10-24)35-33(41)36(28(31(34)39)18-22-6-13-27(38)14-7-22)26-16-17-37(2,21-26)20-23-8-15-29(42-3)30(19-23)43-4;3-2(4,5)1(6)7/h6-15,19,26,28H,5,16-18,20-21H2,1-4H3,(H3-,34,35,38,39,40,41);(H,6,7)/t26-,28+,37?;/m1./s1. The molecule has 1 aliphatic rings. The smallest absolute Gasteiger partial charge is 0.430 e. The first kappa shape index (κ1) is 39.9. The molecule has 1 saturated heterocycles. The Morgan fingerprint density at radius 1 is 1.00 bits per heavy atom. The summed E-state index contributed by atoms with van der Waals surface area (Å²) in [6, 6.07) is 17.0. The summed E-state index contributed by atoms with van der Waals surface area (Å²) in [7, 11) is 5.32. The number of carboxylic acid groups (broad SMARTS) is 1. The normalized spacial score (nSPS) is 17.3. The van der Waals surface area contributed by atoms with E-state index < -0.39 is 36.1 Å². The number of aromatic hydroxyl groups is 1. The number of primary amides is 1. The minimum atomic E-state index is -5.19. The second kappa shape index (κ2) is 17.4. The van der Waals surface area contributed by atoms with E-state index in [1.54, 1.807) is 62.4 Å². The van der Waals surface area contributed by atoms with Crippen LogP contribution in [0, 0.1) is 0 Å². The Morgan fingerprint density at radius 2 is 1.59 bits per heavy atom. The number of halogens is 3. The number of anilines is 1. The molecule has 3 aromatic carbocycles. The van der Waals surface area contributed by atoms with Gasteiger partial charge in [-0.2, -0.15) is 13.2 Å². The predicted molar refractivity (Wildman–Crippen MR) is 177 cm³/mol. The largest absolute Gasteiger partial charge is 0.542 e. The van der Waals surface area contributed by atoms with Crippen molar-refractivity contribution >= 4 is 29.6 Å². The molecule has 3 aromatic rings. The van der Waals surface area contributed by atoms with Crippen molar-refractivity contribution in [3.05, 3.63) is 83.4 Å². The Balaban J connectivity index is 0.000000908. The van der Waals surface area contributed by atoms with E-state index in [1.807, 2.05) is 18.2 Å². The highest BCUT2D eigenvalue weighted by Gasteiger charge is 2.44. The monoisotopic (exact) mass is 718 g/mol. The number of nitrogens with one attached hydrogen (secondary N) is 1. The van der Waals surface area contributed by atoms with Crippen molar-refractivity contribution in [1.29, 1.82) is 0 Å². The molecule has 1 unspecified atom stereocenters. The van der Waals surface area contributed by atoms with Gasteiger partial charge in [0.1, 0.15) is 24.3 Å². The molecule has 0 radical (unpaired) electrons. The summed E-state index contributed by atoms with van der Waals surface area (Å²) in [6.07, 6.45) is -4.36. The number of carbonyl (C=O) groups is 4. The maximum absolute atomic E-state index is 14.0. The van der Waals surface area contributed by atoms with E-state index in [0.717, 1.165) is 17.7 Å². The van der Waals surface area contributed by atoms with Crippen molar-refractivity contribution < 1.29 is 61.3 Å². The molecule has 4 N–H and O–H groups in total. The number of phenolic OH excluding ortho intramolecular Hbond substituents is 1. The number of phenols is 1.